The van der Waals surface area contributed by atoms with Crippen LogP contribution in [0.4, 0.5) is 0 Å². The van der Waals surface area contributed by atoms with Gasteiger partial charge >= 0.3 is 0 Å². The molecule has 0 spiro atoms. The summed E-state index contributed by atoms with van der Waals surface area (Å²) in [5, 5.41) is 7.53. The van der Waals surface area contributed by atoms with Crippen LogP contribution in [0.5, 0.6) is 0 Å². The third-order valence-electron chi connectivity index (χ3n) is 3.45. The molecule has 0 bridgehead atoms. The van der Waals surface area contributed by atoms with E-state index in [0.29, 0.717) is 18.0 Å². The van der Waals surface area contributed by atoms with Crippen LogP contribution in [0.25, 0.3) is 0 Å². The van der Waals surface area contributed by atoms with Crippen molar-refractivity contribution in [3.63, 3.8) is 0 Å². The lowest BCUT2D eigenvalue weighted by Crippen LogP contribution is -2.40. The number of benzene rings is 1. The fraction of sp³-hybridized carbons (Fsp3) is 0.312. The van der Waals surface area contributed by atoms with Crippen molar-refractivity contribution in [3.05, 3.63) is 57.2 Å². The van der Waals surface area contributed by atoms with Crippen molar-refractivity contribution in [2.45, 2.75) is 18.9 Å². The lowest BCUT2D eigenvalue weighted by atomic mass is 9.95. The first-order valence-corrected chi connectivity index (χ1v) is 7.94. The van der Waals surface area contributed by atoms with E-state index in [2.05, 4.69) is 5.32 Å². The van der Waals surface area contributed by atoms with E-state index in [1.54, 1.807) is 18.4 Å². The number of thiophene rings is 1. The van der Waals surface area contributed by atoms with Gasteiger partial charge in [0.05, 0.1) is 13.0 Å². The van der Waals surface area contributed by atoms with Gasteiger partial charge in [-0.15, -0.1) is 0 Å². The molecule has 1 aromatic heterocycles. The number of rotatable bonds is 6. The minimum absolute atomic E-state index is 0.0151. The van der Waals surface area contributed by atoms with Crippen molar-refractivity contribution >= 4 is 28.8 Å². The van der Waals surface area contributed by atoms with Crippen molar-refractivity contribution in [1.29, 1.82) is 0 Å². The standard InChI is InChI=1S/C16H18ClNO2S/c1-16(20-2,13-4-3-5-14(17)9-13)11-18-15(19)8-12-6-7-21-10-12/h3-7,9-10H,8,11H2,1-2H3,(H,18,19)/t16-/m0/s1. The minimum Gasteiger partial charge on any atom is -0.372 e. The van der Waals surface area contributed by atoms with Gasteiger partial charge < -0.3 is 10.1 Å². The van der Waals surface area contributed by atoms with Gasteiger partial charge in [0, 0.05) is 12.1 Å². The fourth-order valence-corrected chi connectivity index (χ4v) is 2.88. The van der Waals surface area contributed by atoms with E-state index in [-0.39, 0.29) is 5.91 Å². The van der Waals surface area contributed by atoms with Crippen LogP contribution in [0.3, 0.4) is 0 Å². The van der Waals surface area contributed by atoms with E-state index in [0.717, 1.165) is 11.1 Å². The molecule has 112 valence electrons. The maximum Gasteiger partial charge on any atom is 0.224 e. The molecule has 1 heterocycles. The smallest absolute Gasteiger partial charge is 0.224 e. The first-order chi connectivity index (χ1) is 10.0. The zero-order valence-electron chi connectivity index (χ0n) is 12.1. The Kier molecular flexibility index (Phi) is 5.39. The Balaban J connectivity index is 2.00. The number of hydrogen-bond acceptors (Lipinski definition) is 3. The predicted octanol–water partition coefficient (Wildman–Crippen LogP) is 3.62. The van der Waals surface area contributed by atoms with Gasteiger partial charge in [0.1, 0.15) is 5.60 Å². The molecule has 2 aromatic rings. The second kappa shape index (κ2) is 7.07. The topological polar surface area (TPSA) is 38.3 Å². The fourth-order valence-electron chi connectivity index (χ4n) is 2.02. The third kappa shape index (κ3) is 4.30. The Morgan fingerprint density at radius 2 is 2.24 bits per heavy atom. The number of hydrogen-bond donors (Lipinski definition) is 1. The van der Waals surface area contributed by atoms with Crippen molar-refractivity contribution in [2.24, 2.45) is 0 Å². The monoisotopic (exact) mass is 323 g/mol. The maximum absolute atomic E-state index is 12.0. The highest BCUT2D eigenvalue weighted by atomic mass is 35.5. The average molecular weight is 324 g/mol. The summed E-state index contributed by atoms with van der Waals surface area (Å²) in [7, 11) is 1.63. The molecule has 1 N–H and O–H groups in total. The molecule has 1 aromatic carbocycles. The Bertz CT molecular complexity index is 600. The zero-order chi connectivity index (χ0) is 15.3. The van der Waals surface area contributed by atoms with Crippen molar-refractivity contribution in [3.8, 4) is 0 Å². The van der Waals surface area contributed by atoms with Crippen LogP contribution in [0.15, 0.2) is 41.1 Å². The van der Waals surface area contributed by atoms with Crippen molar-refractivity contribution < 1.29 is 9.53 Å². The van der Waals surface area contributed by atoms with Crippen LogP contribution in [-0.4, -0.2) is 19.6 Å². The molecular formula is C16H18ClNO2S. The molecule has 0 unspecified atom stereocenters. The molecule has 0 saturated heterocycles. The van der Waals surface area contributed by atoms with Gasteiger partial charge in [-0.25, -0.2) is 0 Å². The first kappa shape index (κ1) is 16.0. The van der Waals surface area contributed by atoms with Crippen LogP contribution in [0.1, 0.15) is 18.1 Å². The van der Waals surface area contributed by atoms with Crippen LogP contribution in [0, 0.1) is 0 Å². The number of carbonyl (C=O) groups is 1. The molecule has 0 fully saturated rings. The largest absolute Gasteiger partial charge is 0.372 e. The number of carbonyl (C=O) groups excluding carboxylic acids is 1. The summed E-state index contributed by atoms with van der Waals surface area (Å²) in [4.78, 5) is 12.0. The highest BCUT2D eigenvalue weighted by molar-refractivity contribution is 7.08. The Morgan fingerprint density at radius 1 is 1.43 bits per heavy atom. The summed E-state index contributed by atoms with van der Waals surface area (Å²) in [6.45, 7) is 2.33. The van der Waals surface area contributed by atoms with Crippen molar-refractivity contribution in [2.75, 3.05) is 13.7 Å². The van der Waals surface area contributed by atoms with Gasteiger partial charge in [0.25, 0.3) is 0 Å². The molecule has 0 aliphatic carbocycles. The van der Waals surface area contributed by atoms with Gasteiger partial charge in [0.15, 0.2) is 0 Å². The number of halogens is 1. The summed E-state index contributed by atoms with van der Waals surface area (Å²) in [6, 6.07) is 9.45. The van der Waals surface area contributed by atoms with E-state index in [9.17, 15) is 4.79 Å². The van der Waals surface area contributed by atoms with Gasteiger partial charge in [-0.05, 0) is 47.0 Å². The zero-order valence-corrected chi connectivity index (χ0v) is 13.6. The molecular weight excluding hydrogens is 306 g/mol. The van der Waals surface area contributed by atoms with Crippen LogP contribution in [-0.2, 0) is 21.6 Å². The van der Waals surface area contributed by atoms with Gasteiger partial charge in [-0.1, -0.05) is 23.7 Å². The molecule has 1 atom stereocenters. The highest BCUT2D eigenvalue weighted by Gasteiger charge is 2.27. The number of methoxy groups -OCH3 is 1. The molecule has 0 radical (unpaired) electrons. The van der Waals surface area contributed by atoms with Crippen LogP contribution >= 0.6 is 22.9 Å². The predicted molar refractivity (Wildman–Crippen MR) is 86.8 cm³/mol. The van der Waals surface area contributed by atoms with E-state index >= 15 is 0 Å². The molecule has 2 rings (SSSR count). The Labute approximate surface area is 133 Å². The first-order valence-electron chi connectivity index (χ1n) is 6.62. The molecule has 0 saturated carbocycles. The lowest BCUT2D eigenvalue weighted by molar-refractivity contribution is -0.122. The van der Waals surface area contributed by atoms with Gasteiger partial charge in [-0.2, -0.15) is 11.3 Å². The molecule has 0 aliphatic rings. The van der Waals surface area contributed by atoms with Crippen LogP contribution < -0.4 is 5.32 Å². The quantitative estimate of drug-likeness (QED) is 0.881. The Hall–Kier alpha value is -1.36. The number of amides is 1. The van der Waals surface area contributed by atoms with Crippen molar-refractivity contribution in [1.82, 2.24) is 5.32 Å². The lowest BCUT2D eigenvalue weighted by Gasteiger charge is -2.29. The number of nitrogens with one attached hydrogen (secondary N) is 1. The van der Waals surface area contributed by atoms with E-state index in [1.807, 2.05) is 48.0 Å². The van der Waals surface area contributed by atoms with Gasteiger partial charge in [0.2, 0.25) is 5.91 Å². The maximum atomic E-state index is 12.0. The molecule has 3 nitrogen and oxygen atoms in total. The SMILES string of the molecule is CO[C@@](C)(CNC(=O)Cc1ccsc1)c1cccc(Cl)c1. The van der Waals surface area contributed by atoms with E-state index < -0.39 is 5.60 Å². The van der Waals surface area contributed by atoms with Crippen LogP contribution in [0.2, 0.25) is 5.02 Å². The minimum atomic E-state index is -0.602. The normalized spacial score (nSPS) is 13.7. The van der Waals surface area contributed by atoms with E-state index in [1.165, 1.54) is 0 Å². The average Bonchev–Trinajstić information content (AvgIpc) is 2.97. The summed E-state index contributed by atoms with van der Waals surface area (Å²) in [6.07, 6.45) is 0.388. The summed E-state index contributed by atoms with van der Waals surface area (Å²) < 4.78 is 5.59. The van der Waals surface area contributed by atoms with Gasteiger partial charge in [-0.3, -0.25) is 4.79 Å². The second-order valence-corrected chi connectivity index (χ2v) is 6.25. The third-order valence-corrected chi connectivity index (χ3v) is 4.42. The summed E-state index contributed by atoms with van der Waals surface area (Å²) in [5.41, 5.74) is 1.36. The molecule has 0 aliphatic heterocycles. The van der Waals surface area contributed by atoms with E-state index in [4.69, 9.17) is 16.3 Å². The summed E-state index contributed by atoms with van der Waals surface area (Å²) >= 11 is 7.61. The number of ether oxygens (including phenoxy) is 1. The molecule has 5 heteroatoms. The highest BCUT2D eigenvalue weighted by Crippen LogP contribution is 2.26. The summed E-state index contributed by atoms with van der Waals surface area (Å²) in [5.74, 6) is -0.0151. The molecule has 1 amide bonds. The second-order valence-electron chi connectivity index (χ2n) is 5.03. The Morgan fingerprint density at radius 3 is 2.86 bits per heavy atom. The molecule has 21 heavy (non-hydrogen) atoms.